The standard InChI is InChI=1S/C14H12Cl2N4O2S/c1-7-18-19-14(23-7)17-13(22)8-4-12(21)20(6-8)11-5-9(15)2-3-10(11)16/h2-3,5,8H,4,6H2,1H3,(H,17,19,22)/t8-/m1/s1. The number of hydrogen-bond donors (Lipinski definition) is 1. The fourth-order valence-electron chi connectivity index (χ4n) is 2.36. The van der Waals surface area contributed by atoms with Crippen LogP contribution in [0.3, 0.4) is 0 Å². The maximum absolute atomic E-state index is 12.3. The second-order valence-electron chi connectivity index (χ2n) is 5.12. The van der Waals surface area contributed by atoms with E-state index in [2.05, 4.69) is 15.5 Å². The Balaban J connectivity index is 1.74. The number of rotatable bonds is 3. The molecule has 2 amide bonds. The molecule has 23 heavy (non-hydrogen) atoms. The van der Waals surface area contributed by atoms with E-state index in [1.54, 1.807) is 25.1 Å². The number of aryl methyl sites for hydroxylation is 1. The summed E-state index contributed by atoms with van der Waals surface area (Å²) in [4.78, 5) is 26.0. The second kappa shape index (κ2) is 6.43. The van der Waals surface area contributed by atoms with Crippen LogP contribution in [0.2, 0.25) is 10.0 Å². The molecule has 2 heterocycles. The van der Waals surface area contributed by atoms with Crippen LogP contribution in [-0.4, -0.2) is 28.6 Å². The maximum Gasteiger partial charge on any atom is 0.231 e. The normalized spacial score (nSPS) is 17.6. The largest absolute Gasteiger partial charge is 0.310 e. The molecular weight excluding hydrogens is 359 g/mol. The molecule has 1 aliphatic rings. The van der Waals surface area contributed by atoms with Gasteiger partial charge < -0.3 is 10.2 Å². The van der Waals surface area contributed by atoms with E-state index in [4.69, 9.17) is 23.2 Å². The Morgan fingerprint density at radius 2 is 2.17 bits per heavy atom. The summed E-state index contributed by atoms with van der Waals surface area (Å²) in [6, 6.07) is 4.90. The van der Waals surface area contributed by atoms with Crippen molar-refractivity contribution in [3.63, 3.8) is 0 Å². The van der Waals surface area contributed by atoms with Crippen LogP contribution >= 0.6 is 34.5 Å². The summed E-state index contributed by atoms with van der Waals surface area (Å²) in [6.07, 6.45) is 0.118. The number of carbonyl (C=O) groups is 2. The molecule has 1 fully saturated rings. The van der Waals surface area contributed by atoms with Crippen LogP contribution < -0.4 is 10.2 Å². The molecule has 1 aromatic carbocycles. The number of nitrogens with zero attached hydrogens (tertiary/aromatic N) is 3. The topological polar surface area (TPSA) is 75.2 Å². The Bertz CT molecular complexity index is 780. The van der Waals surface area contributed by atoms with Gasteiger partial charge in [-0.3, -0.25) is 9.59 Å². The number of nitrogens with one attached hydrogen (secondary N) is 1. The molecular formula is C14H12Cl2N4O2S. The van der Waals surface area contributed by atoms with E-state index < -0.39 is 5.92 Å². The smallest absolute Gasteiger partial charge is 0.231 e. The van der Waals surface area contributed by atoms with Gasteiger partial charge in [-0.1, -0.05) is 34.5 Å². The third kappa shape index (κ3) is 3.46. The Labute approximate surface area is 146 Å². The van der Waals surface area contributed by atoms with E-state index in [0.29, 0.717) is 20.9 Å². The molecule has 1 aliphatic heterocycles. The van der Waals surface area contributed by atoms with E-state index in [9.17, 15) is 9.59 Å². The van der Waals surface area contributed by atoms with Gasteiger partial charge in [0.15, 0.2) is 0 Å². The quantitative estimate of drug-likeness (QED) is 0.900. The minimum atomic E-state index is -0.471. The Kier molecular flexibility index (Phi) is 4.52. The van der Waals surface area contributed by atoms with Crippen molar-refractivity contribution < 1.29 is 9.59 Å². The molecule has 0 radical (unpaired) electrons. The van der Waals surface area contributed by atoms with Gasteiger partial charge in [-0.05, 0) is 25.1 Å². The lowest BCUT2D eigenvalue weighted by atomic mass is 10.1. The molecule has 1 atom stereocenters. The van der Waals surface area contributed by atoms with Crippen molar-refractivity contribution in [2.24, 2.45) is 5.92 Å². The highest BCUT2D eigenvalue weighted by Gasteiger charge is 2.36. The Morgan fingerprint density at radius 3 is 2.87 bits per heavy atom. The predicted molar refractivity (Wildman–Crippen MR) is 90.2 cm³/mol. The van der Waals surface area contributed by atoms with Crippen LogP contribution in [0.25, 0.3) is 0 Å². The lowest BCUT2D eigenvalue weighted by Crippen LogP contribution is -2.28. The van der Waals surface area contributed by atoms with E-state index in [-0.39, 0.29) is 24.8 Å². The zero-order chi connectivity index (χ0) is 16.6. The number of benzene rings is 1. The van der Waals surface area contributed by atoms with Gasteiger partial charge in [-0.15, -0.1) is 10.2 Å². The molecule has 120 valence electrons. The lowest BCUT2D eigenvalue weighted by molar-refractivity contribution is -0.122. The average molecular weight is 371 g/mol. The van der Waals surface area contributed by atoms with Crippen molar-refractivity contribution in [1.29, 1.82) is 0 Å². The van der Waals surface area contributed by atoms with E-state index >= 15 is 0 Å². The van der Waals surface area contributed by atoms with Crippen LogP contribution in [0.1, 0.15) is 11.4 Å². The number of amides is 2. The highest BCUT2D eigenvalue weighted by molar-refractivity contribution is 7.15. The van der Waals surface area contributed by atoms with Gasteiger partial charge in [0, 0.05) is 18.0 Å². The molecule has 1 N–H and O–H groups in total. The highest BCUT2D eigenvalue weighted by atomic mass is 35.5. The molecule has 3 rings (SSSR count). The van der Waals surface area contributed by atoms with Crippen molar-refractivity contribution in [2.75, 3.05) is 16.8 Å². The molecule has 0 aliphatic carbocycles. The SMILES string of the molecule is Cc1nnc(NC(=O)[C@@H]2CC(=O)N(c3cc(Cl)ccc3Cl)C2)s1. The molecule has 1 aromatic heterocycles. The van der Waals surface area contributed by atoms with Crippen LogP contribution in [0.15, 0.2) is 18.2 Å². The van der Waals surface area contributed by atoms with Gasteiger partial charge in [0.2, 0.25) is 16.9 Å². The molecule has 2 aromatic rings. The molecule has 9 heteroatoms. The van der Waals surface area contributed by atoms with Crippen molar-refractivity contribution >= 4 is 57.2 Å². The van der Waals surface area contributed by atoms with Crippen molar-refractivity contribution in [3.05, 3.63) is 33.3 Å². The number of halogens is 2. The number of carbonyl (C=O) groups excluding carboxylic acids is 2. The number of aromatic nitrogens is 2. The third-order valence-electron chi connectivity index (χ3n) is 3.45. The maximum atomic E-state index is 12.3. The Morgan fingerprint density at radius 1 is 1.39 bits per heavy atom. The lowest BCUT2D eigenvalue weighted by Gasteiger charge is -2.18. The predicted octanol–water partition coefficient (Wildman–Crippen LogP) is 3.14. The van der Waals surface area contributed by atoms with Crippen LogP contribution in [-0.2, 0) is 9.59 Å². The zero-order valence-electron chi connectivity index (χ0n) is 12.0. The molecule has 0 spiro atoms. The minimum absolute atomic E-state index is 0.118. The summed E-state index contributed by atoms with van der Waals surface area (Å²) in [7, 11) is 0. The van der Waals surface area contributed by atoms with E-state index in [0.717, 1.165) is 5.01 Å². The second-order valence-corrected chi connectivity index (χ2v) is 7.14. The van der Waals surface area contributed by atoms with Gasteiger partial charge in [0.25, 0.3) is 0 Å². The summed E-state index contributed by atoms with van der Waals surface area (Å²) in [5.74, 6) is -0.889. The zero-order valence-corrected chi connectivity index (χ0v) is 14.4. The van der Waals surface area contributed by atoms with Crippen molar-refractivity contribution in [3.8, 4) is 0 Å². The minimum Gasteiger partial charge on any atom is -0.310 e. The molecule has 6 nitrogen and oxygen atoms in total. The monoisotopic (exact) mass is 370 g/mol. The summed E-state index contributed by atoms with van der Waals surface area (Å²) in [5, 5.41) is 12.5. The van der Waals surface area contributed by atoms with E-state index in [1.807, 2.05) is 0 Å². The average Bonchev–Trinajstić information content (AvgIpc) is 3.08. The van der Waals surface area contributed by atoms with Gasteiger partial charge in [-0.25, -0.2) is 0 Å². The van der Waals surface area contributed by atoms with Gasteiger partial charge in [0.1, 0.15) is 5.01 Å². The summed E-state index contributed by atoms with van der Waals surface area (Å²) in [5.41, 5.74) is 0.520. The highest BCUT2D eigenvalue weighted by Crippen LogP contribution is 2.33. The van der Waals surface area contributed by atoms with Crippen molar-refractivity contribution in [1.82, 2.24) is 10.2 Å². The number of hydrogen-bond acceptors (Lipinski definition) is 5. The van der Waals surface area contributed by atoms with Crippen LogP contribution in [0, 0.1) is 12.8 Å². The van der Waals surface area contributed by atoms with E-state index in [1.165, 1.54) is 16.2 Å². The third-order valence-corrected chi connectivity index (χ3v) is 4.76. The molecule has 0 unspecified atom stereocenters. The van der Waals surface area contributed by atoms with Crippen LogP contribution in [0.5, 0.6) is 0 Å². The molecule has 1 saturated heterocycles. The summed E-state index contributed by atoms with van der Waals surface area (Å²) >= 11 is 13.4. The molecule has 0 saturated carbocycles. The van der Waals surface area contributed by atoms with Gasteiger partial charge >= 0.3 is 0 Å². The fraction of sp³-hybridized carbons (Fsp3) is 0.286. The van der Waals surface area contributed by atoms with Gasteiger partial charge in [0.05, 0.1) is 16.6 Å². The Hall–Kier alpha value is -1.70. The van der Waals surface area contributed by atoms with Crippen molar-refractivity contribution in [2.45, 2.75) is 13.3 Å². The molecule has 0 bridgehead atoms. The summed E-state index contributed by atoms with van der Waals surface area (Å²) < 4.78 is 0. The number of anilines is 2. The fourth-order valence-corrected chi connectivity index (χ4v) is 3.34. The van der Waals surface area contributed by atoms with Crippen LogP contribution in [0.4, 0.5) is 10.8 Å². The van der Waals surface area contributed by atoms with Gasteiger partial charge in [-0.2, -0.15) is 0 Å². The first-order valence-electron chi connectivity index (χ1n) is 6.80. The first-order chi connectivity index (χ1) is 10.9. The first-order valence-corrected chi connectivity index (χ1v) is 8.37. The first kappa shape index (κ1) is 16.2. The summed E-state index contributed by atoms with van der Waals surface area (Å²) in [6.45, 7) is 2.05.